The van der Waals surface area contributed by atoms with Crippen LogP contribution in [0.4, 0.5) is 10.8 Å². The van der Waals surface area contributed by atoms with Crippen LogP contribution in [-0.4, -0.2) is 67.1 Å². The van der Waals surface area contributed by atoms with Crippen LogP contribution in [0, 0.1) is 35.0 Å². The number of carbonyl (C=O) groups is 7. The van der Waals surface area contributed by atoms with Gasteiger partial charge < -0.3 is 47.4 Å². The van der Waals surface area contributed by atoms with Crippen LogP contribution in [-0.2, 0) is 47.8 Å². The minimum atomic E-state index is -0.747. The van der Waals surface area contributed by atoms with E-state index in [1.807, 2.05) is 6.07 Å². The Labute approximate surface area is 438 Å². The molecule has 2 aliphatic carbocycles. The third kappa shape index (κ3) is 15.2. The number of azo groups is 1. The normalized spacial score (nSPS) is 16.9. The van der Waals surface area contributed by atoms with Gasteiger partial charge in [0.1, 0.15) is 27.5 Å². The highest BCUT2D eigenvalue weighted by atomic mass is 32.1. The van der Waals surface area contributed by atoms with Crippen molar-refractivity contribution in [2.75, 3.05) is 20.4 Å². The molecular weight excluding hydrogens is 1010 g/mol. The quantitative estimate of drug-likeness (QED) is 0.0156. The van der Waals surface area contributed by atoms with Crippen molar-refractivity contribution in [3.05, 3.63) is 122 Å². The van der Waals surface area contributed by atoms with Crippen molar-refractivity contribution in [1.29, 1.82) is 5.26 Å². The predicted molar refractivity (Wildman–Crippen MR) is 267 cm³/mol. The average molecular weight is 1060 g/mol. The minimum absolute atomic E-state index is 0.00569. The summed E-state index contributed by atoms with van der Waals surface area (Å²) in [5.41, 5.74) is 1.07. The molecule has 2 fully saturated rings. The Morgan fingerprint density at radius 1 is 0.526 bits per heavy atom. The fraction of sp³-hybridized carbons (Fsp3) is 0.278. The van der Waals surface area contributed by atoms with Gasteiger partial charge in [-0.3, -0.25) is 19.2 Å². The van der Waals surface area contributed by atoms with Gasteiger partial charge in [0.05, 0.1) is 41.0 Å². The molecule has 0 spiro atoms. The number of fused-ring (bicyclic) bond motifs is 1. The van der Waals surface area contributed by atoms with Gasteiger partial charge in [0, 0.05) is 24.3 Å². The molecular formula is C54H48N4O17S. The number of carbonyl (C=O) groups excluding carboxylic acids is 7. The molecule has 0 unspecified atom stereocenters. The van der Waals surface area contributed by atoms with Crippen molar-refractivity contribution in [2.24, 2.45) is 33.9 Å². The maximum absolute atomic E-state index is 13.8. The second-order valence-corrected chi connectivity index (χ2v) is 17.7. The van der Waals surface area contributed by atoms with Gasteiger partial charge in [0.15, 0.2) is 23.0 Å². The number of nitriles is 1. The van der Waals surface area contributed by atoms with Gasteiger partial charge in [0.2, 0.25) is 25.5 Å². The summed E-state index contributed by atoms with van der Waals surface area (Å²) in [4.78, 5) is 92.7. The van der Waals surface area contributed by atoms with Crippen LogP contribution in [0.3, 0.4) is 0 Å². The highest BCUT2D eigenvalue weighted by Gasteiger charge is 2.35. The van der Waals surface area contributed by atoms with Crippen LogP contribution in [0.2, 0.25) is 0 Å². The summed E-state index contributed by atoms with van der Waals surface area (Å²) in [5.74, 6) is -5.27. The lowest BCUT2D eigenvalue weighted by Gasteiger charge is -2.26. The van der Waals surface area contributed by atoms with E-state index in [1.54, 1.807) is 48.5 Å². The van der Waals surface area contributed by atoms with Crippen molar-refractivity contribution in [3.8, 4) is 46.3 Å². The summed E-state index contributed by atoms with van der Waals surface area (Å²) in [5, 5.41) is 17.9. The molecule has 21 nitrogen and oxygen atoms in total. The Bertz CT molecular complexity index is 3060. The number of hydrogen-bond donors (Lipinski definition) is 0. The smallest absolute Gasteiger partial charge is 0.333 e. The van der Waals surface area contributed by atoms with Gasteiger partial charge in [-0.2, -0.15) is 5.26 Å². The highest BCUT2D eigenvalue weighted by Crippen LogP contribution is 2.43. The molecule has 0 saturated heterocycles. The fourth-order valence-electron chi connectivity index (χ4n) is 7.79. The summed E-state index contributed by atoms with van der Waals surface area (Å²) in [7, 11) is 0. The maximum Gasteiger partial charge on any atom is 0.333 e. The Morgan fingerprint density at radius 2 is 0.961 bits per heavy atom. The summed E-state index contributed by atoms with van der Waals surface area (Å²) >= 11 is 1.05. The van der Waals surface area contributed by atoms with Gasteiger partial charge >= 0.3 is 41.8 Å². The third-order valence-corrected chi connectivity index (χ3v) is 12.8. The predicted octanol–water partition coefficient (Wildman–Crippen LogP) is 9.41. The van der Waals surface area contributed by atoms with Crippen LogP contribution >= 0.6 is 11.3 Å². The van der Waals surface area contributed by atoms with Gasteiger partial charge in [-0.25, -0.2) is 19.4 Å². The highest BCUT2D eigenvalue weighted by molar-refractivity contribution is 7.22. The average Bonchev–Trinajstić information content (AvgIpc) is 3.92. The van der Waals surface area contributed by atoms with Crippen LogP contribution in [0.25, 0.3) is 10.2 Å². The Balaban J connectivity index is 0.965. The number of thiazole rings is 1. The van der Waals surface area contributed by atoms with E-state index < -0.39 is 79.0 Å². The van der Waals surface area contributed by atoms with Crippen molar-refractivity contribution in [3.63, 3.8) is 0 Å². The monoisotopic (exact) mass is 1060 g/mol. The molecule has 392 valence electrons. The zero-order valence-electron chi connectivity index (χ0n) is 40.6. The van der Waals surface area contributed by atoms with Crippen molar-refractivity contribution < 1.29 is 80.9 Å². The molecule has 0 aliphatic heterocycles. The fourth-order valence-corrected chi connectivity index (χ4v) is 8.65. The second kappa shape index (κ2) is 26.6. The molecule has 0 bridgehead atoms. The van der Waals surface area contributed by atoms with Crippen LogP contribution in [0.5, 0.6) is 40.2 Å². The lowest BCUT2D eigenvalue weighted by atomic mass is 9.82. The van der Waals surface area contributed by atoms with Crippen molar-refractivity contribution >= 4 is 74.2 Å². The number of ether oxygens (including phenoxy) is 10. The standard InChI is InChI=1S/C54H48N4O17S/c1-4-45(59)69-29-66-38-19-21-39(22-20-38)72-50(62)33-9-15-36(16-10-33)53(65)75-43-26-25-42(48-49(43)76-54(56-48)58-57-37-17-7-32(28-55)8-18-37)74-52(64)35-13-11-34(12-14-35)51(63)73-40-23-24-41(67-30-70-46(60)5-2)44(27-40)68-31-71-47(61)6-3/h4-8,17-27,33-36H,1-3,9-16,29-31H2/b58-57+. The molecule has 2 saturated carbocycles. The topological polar surface area (TPSA) is 273 Å². The zero-order chi connectivity index (χ0) is 54.0. The van der Waals surface area contributed by atoms with E-state index in [9.17, 15) is 38.8 Å². The molecule has 0 radical (unpaired) electrons. The lowest BCUT2D eigenvalue weighted by Crippen LogP contribution is -2.30. The van der Waals surface area contributed by atoms with Gasteiger partial charge in [-0.1, -0.05) is 31.1 Å². The molecule has 22 heteroatoms. The Kier molecular flexibility index (Phi) is 19.1. The number of nitrogens with zero attached hydrogens (tertiary/aromatic N) is 4. The summed E-state index contributed by atoms with van der Waals surface area (Å²) in [6.45, 7) is 8.62. The van der Waals surface area contributed by atoms with E-state index >= 15 is 0 Å². The van der Waals surface area contributed by atoms with E-state index in [0.717, 1.165) is 29.6 Å². The first kappa shape index (κ1) is 54.5. The molecule has 76 heavy (non-hydrogen) atoms. The van der Waals surface area contributed by atoms with E-state index in [2.05, 4.69) is 34.9 Å². The molecule has 2 aliphatic rings. The number of esters is 7. The lowest BCUT2D eigenvalue weighted by molar-refractivity contribution is -0.146. The Morgan fingerprint density at radius 3 is 1.49 bits per heavy atom. The zero-order valence-corrected chi connectivity index (χ0v) is 41.4. The summed E-state index contributed by atoms with van der Waals surface area (Å²) in [6, 6.07) is 21.8. The van der Waals surface area contributed by atoms with Gasteiger partial charge in [-0.05, 0) is 124 Å². The Hall–Kier alpha value is -9.23. The van der Waals surface area contributed by atoms with Crippen LogP contribution in [0.15, 0.2) is 127 Å². The molecule has 1 aromatic heterocycles. The molecule has 1 heterocycles. The largest absolute Gasteiger partial charge is 0.457 e. The van der Waals surface area contributed by atoms with Crippen molar-refractivity contribution in [2.45, 2.75) is 51.4 Å². The molecule has 0 atom stereocenters. The van der Waals surface area contributed by atoms with E-state index in [4.69, 9.17) is 47.4 Å². The van der Waals surface area contributed by atoms with Crippen LogP contribution in [0.1, 0.15) is 56.9 Å². The minimum Gasteiger partial charge on any atom is -0.457 e. The van der Waals surface area contributed by atoms with Crippen LogP contribution < -0.4 is 33.2 Å². The number of hydrogen-bond acceptors (Lipinski definition) is 22. The first-order valence-electron chi connectivity index (χ1n) is 23.5. The molecule has 0 N–H and O–H groups in total. The van der Waals surface area contributed by atoms with E-state index in [1.165, 1.54) is 30.3 Å². The van der Waals surface area contributed by atoms with Crippen molar-refractivity contribution in [1.82, 2.24) is 4.98 Å². The molecule has 7 rings (SSSR count). The maximum atomic E-state index is 13.8. The summed E-state index contributed by atoms with van der Waals surface area (Å²) < 4.78 is 54.4. The molecule has 0 amide bonds. The van der Waals surface area contributed by atoms with E-state index in [0.29, 0.717) is 66.0 Å². The summed E-state index contributed by atoms with van der Waals surface area (Å²) in [6.07, 6.45) is 5.55. The molecule has 4 aromatic carbocycles. The first-order valence-corrected chi connectivity index (χ1v) is 24.4. The van der Waals surface area contributed by atoms with Gasteiger partial charge in [0.25, 0.3) is 0 Å². The van der Waals surface area contributed by atoms with E-state index in [-0.39, 0.29) is 59.0 Å². The number of rotatable bonds is 22. The number of benzene rings is 4. The van der Waals surface area contributed by atoms with Gasteiger partial charge in [-0.15, -0.1) is 10.2 Å². The third-order valence-electron chi connectivity index (χ3n) is 11.8. The molecule has 5 aromatic rings. The first-order chi connectivity index (χ1) is 36.8. The second-order valence-electron chi connectivity index (χ2n) is 16.7. The number of aromatic nitrogens is 1. The SMILES string of the molecule is C=CC(=O)OCOc1ccc(OC(=O)C2CCC(C(=O)Oc3ccc(OC(=O)C4CCC(C(=O)Oc5ccc(OCOC(=O)C=C)c(OCOC(=O)C=C)c5)CC4)c4nc(/N=N/c5ccc(C#N)cc5)sc34)CC2)cc1.